The minimum Gasteiger partial charge on any atom is -0.497 e. The van der Waals surface area contributed by atoms with Crippen LogP contribution in [-0.4, -0.2) is 43.7 Å². The van der Waals surface area contributed by atoms with Crippen molar-refractivity contribution in [3.05, 3.63) is 87.8 Å². The third-order valence-corrected chi connectivity index (χ3v) is 8.41. The van der Waals surface area contributed by atoms with Crippen LogP contribution in [0.25, 0.3) is 10.8 Å². The molecule has 1 aromatic heterocycles. The molecule has 0 bridgehead atoms. The molecule has 0 spiro atoms. The van der Waals surface area contributed by atoms with Crippen LogP contribution in [0.2, 0.25) is 0 Å². The van der Waals surface area contributed by atoms with Gasteiger partial charge in [-0.2, -0.15) is 5.10 Å². The molecule has 0 radical (unpaired) electrons. The number of carbonyl (C=O) groups is 4. The second-order valence-corrected chi connectivity index (χ2v) is 11.4. The second-order valence-electron chi connectivity index (χ2n) is 10.2. The zero-order chi connectivity index (χ0) is 31.2. The zero-order valence-electron chi connectivity index (χ0n) is 24.5. The molecule has 1 aliphatic rings. The fraction of sp³-hybridized carbons (Fsp3) is 0.242. The van der Waals surface area contributed by atoms with Crippen molar-refractivity contribution in [2.75, 3.05) is 19.0 Å². The topological polar surface area (TPSA) is 132 Å². The number of nitrogens with zero attached hydrogens (tertiary/aromatic N) is 1. The predicted octanol–water partition coefficient (Wildman–Crippen LogP) is 5.52. The normalized spacial score (nSPS) is 14.1. The molecule has 226 valence electrons. The van der Waals surface area contributed by atoms with Gasteiger partial charge in [0.25, 0.3) is 0 Å². The number of methoxy groups -OCH3 is 1. The highest BCUT2D eigenvalue weighted by Gasteiger charge is 2.30. The molecule has 1 heterocycles. The average molecular weight is 614 g/mol. The third kappa shape index (κ3) is 6.63. The van der Waals surface area contributed by atoms with Crippen LogP contribution >= 0.6 is 11.3 Å². The van der Waals surface area contributed by atoms with Gasteiger partial charge in [-0.25, -0.2) is 15.0 Å². The molecule has 11 heteroatoms. The number of hydrogen-bond donors (Lipinski definition) is 2. The molecule has 44 heavy (non-hydrogen) atoms. The van der Waals surface area contributed by atoms with Crippen LogP contribution in [0.5, 0.6) is 11.5 Å². The highest BCUT2D eigenvalue weighted by Crippen LogP contribution is 2.40. The molecule has 0 aliphatic heterocycles. The number of amides is 2. The molecule has 2 amide bonds. The van der Waals surface area contributed by atoms with Crippen LogP contribution in [0.1, 0.15) is 57.0 Å². The Labute approximate surface area is 258 Å². The summed E-state index contributed by atoms with van der Waals surface area (Å²) in [7, 11) is 1.53. The van der Waals surface area contributed by atoms with Gasteiger partial charge in [-0.1, -0.05) is 37.3 Å². The number of nitrogens with one attached hydrogen (secondary N) is 2. The summed E-state index contributed by atoms with van der Waals surface area (Å²) in [6, 6.07) is 17.3. The largest absolute Gasteiger partial charge is 0.497 e. The van der Waals surface area contributed by atoms with Crippen molar-refractivity contribution in [3.8, 4) is 11.5 Å². The smallest absolute Gasteiger partial charge is 0.343 e. The summed E-state index contributed by atoms with van der Waals surface area (Å²) in [5.41, 5.74) is 4.16. The Hall–Kier alpha value is -5.03. The number of fused-ring (bicyclic) bond motifs is 2. The highest BCUT2D eigenvalue weighted by atomic mass is 32.1. The summed E-state index contributed by atoms with van der Waals surface area (Å²) in [6.45, 7) is 4.04. The first-order valence-electron chi connectivity index (χ1n) is 14.1. The molecular weight excluding hydrogens is 582 g/mol. The van der Waals surface area contributed by atoms with Gasteiger partial charge in [0, 0.05) is 10.4 Å². The van der Waals surface area contributed by atoms with Gasteiger partial charge < -0.3 is 19.5 Å². The summed E-state index contributed by atoms with van der Waals surface area (Å²) in [5.74, 6) is -1.87. The van der Waals surface area contributed by atoms with Gasteiger partial charge in [0.05, 0.1) is 31.1 Å². The lowest BCUT2D eigenvalue weighted by Crippen LogP contribution is -2.32. The van der Waals surface area contributed by atoms with Crippen LogP contribution in [0.15, 0.2) is 65.8 Å². The molecule has 3 aromatic carbocycles. The van der Waals surface area contributed by atoms with Crippen LogP contribution in [0.4, 0.5) is 5.00 Å². The van der Waals surface area contributed by atoms with E-state index in [0.717, 1.165) is 28.7 Å². The number of hydrogen-bond acceptors (Lipinski definition) is 9. The maximum absolute atomic E-state index is 12.9. The lowest BCUT2D eigenvalue weighted by atomic mass is 9.88. The molecule has 4 aromatic rings. The van der Waals surface area contributed by atoms with Gasteiger partial charge in [0.2, 0.25) is 0 Å². The van der Waals surface area contributed by atoms with Crippen molar-refractivity contribution >= 4 is 57.1 Å². The molecular formula is C33H31N3O7S. The van der Waals surface area contributed by atoms with E-state index in [-0.39, 0.29) is 17.4 Å². The van der Waals surface area contributed by atoms with E-state index in [1.54, 1.807) is 43.3 Å². The fourth-order valence-electron chi connectivity index (χ4n) is 5.01. The zero-order valence-corrected chi connectivity index (χ0v) is 25.3. The molecule has 0 fully saturated rings. The summed E-state index contributed by atoms with van der Waals surface area (Å²) >= 11 is 1.29. The third-order valence-electron chi connectivity index (χ3n) is 7.24. The number of thiophene rings is 1. The lowest BCUT2D eigenvalue weighted by molar-refractivity contribution is -0.136. The minimum absolute atomic E-state index is 0.188. The van der Waals surface area contributed by atoms with Gasteiger partial charge in [-0.15, -0.1) is 11.3 Å². The van der Waals surface area contributed by atoms with Crippen molar-refractivity contribution in [2.45, 2.75) is 33.1 Å². The second kappa shape index (κ2) is 13.5. The minimum atomic E-state index is -1.03. The van der Waals surface area contributed by atoms with Crippen LogP contribution in [0.3, 0.4) is 0 Å². The van der Waals surface area contributed by atoms with E-state index in [0.29, 0.717) is 40.2 Å². The Bertz CT molecular complexity index is 1760. The summed E-state index contributed by atoms with van der Waals surface area (Å²) < 4.78 is 16.1. The first-order valence-corrected chi connectivity index (χ1v) is 14.9. The van der Waals surface area contributed by atoms with Crippen LogP contribution in [-0.2, 0) is 27.2 Å². The highest BCUT2D eigenvalue weighted by molar-refractivity contribution is 7.17. The van der Waals surface area contributed by atoms with Gasteiger partial charge in [0.1, 0.15) is 16.5 Å². The Balaban J connectivity index is 1.34. The van der Waals surface area contributed by atoms with E-state index < -0.39 is 23.8 Å². The van der Waals surface area contributed by atoms with E-state index in [2.05, 4.69) is 22.8 Å². The van der Waals surface area contributed by atoms with Crippen LogP contribution in [0, 0.1) is 5.92 Å². The maximum atomic E-state index is 12.9. The van der Waals surface area contributed by atoms with Gasteiger partial charge in [-0.05, 0) is 78.8 Å². The quantitative estimate of drug-likeness (QED) is 0.0879. The molecule has 1 unspecified atom stereocenters. The molecule has 2 N–H and O–H groups in total. The number of anilines is 1. The van der Waals surface area contributed by atoms with Crippen LogP contribution < -0.4 is 20.2 Å². The number of benzene rings is 3. The number of hydrazone groups is 1. The molecule has 1 aliphatic carbocycles. The average Bonchev–Trinajstić information content (AvgIpc) is 3.38. The van der Waals surface area contributed by atoms with Crippen molar-refractivity contribution in [1.82, 2.24) is 5.43 Å². The molecule has 10 nitrogen and oxygen atoms in total. The van der Waals surface area contributed by atoms with E-state index >= 15 is 0 Å². The molecule has 5 rings (SSSR count). The van der Waals surface area contributed by atoms with E-state index in [1.807, 2.05) is 24.3 Å². The van der Waals surface area contributed by atoms with Gasteiger partial charge in [-0.3, -0.25) is 9.59 Å². The first kappa shape index (κ1) is 30.4. The summed E-state index contributed by atoms with van der Waals surface area (Å²) in [5, 5.41) is 8.43. The summed E-state index contributed by atoms with van der Waals surface area (Å²) in [6.07, 6.45) is 3.73. The van der Waals surface area contributed by atoms with Crippen molar-refractivity contribution in [3.63, 3.8) is 0 Å². The van der Waals surface area contributed by atoms with Gasteiger partial charge >= 0.3 is 23.8 Å². The fourth-order valence-corrected chi connectivity index (χ4v) is 6.40. The standard InChI is InChI=1S/C33H31N3O7S/c1-4-42-33(40)28-24-15-9-19(2)17-27(24)44-31(28)35-29(37)30(38)36-34-18-25-23-8-6-5-7-20(23)12-16-26(25)43-32(39)21-10-13-22(41-3)14-11-21/h5-8,10-14,16,18-19H,4,9,15,17H2,1-3H3,(H,35,37)(H,36,38)/b34-18+. The Morgan fingerprint density at radius 3 is 2.52 bits per heavy atom. The monoisotopic (exact) mass is 613 g/mol. The number of carbonyl (C=O) groups excluding carboxylic acids is 4. The molecule has 1 atom stereocenters. The number of rotatable bonds is 8. The summed E-state index contributed by atoms with van der Waals surface area (Å²) in [4.78, 5) is 52.3. The molecule has 0 saturated carbocycles. The lowest BCUT2D eigenvalue weighted by Gasteiger charge is -2.18. The van der Waals surface area contributed by atoms with Gasteiger partial charge in [0.15, 0.2) is 0 Å². The number of esters is 2. The van der Waals surface area contributed by atoms with E-state index in [1.165, 1.54) is 24.7 Å². The van der Waals surface area contributed by atoms with Crippen molar-refractivity contribution in [2.24, 2.45) is 11.0 Å². The Morgan fingerprint density at radius 2 is 1.77 bits per heavy atom. The maximum Gasteiger partial charge on any atom is 0.343 e. The van der Waals surface area contributed by atoms with Crippen molar-refractivity contribution < 1.29 is 33.4 Å². The van der Waals surface area contributed by atoms with Crippen molar-refractivity contribution in [1.29, 1.82) is 0 Å². The van der Waals surface area contributed by atoms with E-state index in [9.17, 15) is 19.2 Å². The SMILES string of the molecule is CCOC(=O)c1c(NC(=O)C(=O)N/N=C/c2c(OC(=O)c3ccc(OC)cc3)ccc3ccccc23)sc2c1CCC(C)C2. The molecule has 0 saturated heterocycles. The van der Waals surface area contributed by atoms with E-state index in [4.69, 9.17) is 14.2 Å². The predicted molar refractivity (Wildman–Crippen MR) is 168 cm³/mol. The number of ether oxygens (including phenoxy) is 3. The first-order chi connectivity index (χ1) is 21.3. The Kier molecular flexibility index (Phi) is 9.35. The Morgan fingerprint density at radius 1 is 1.00 bits per heavy atom.